The zero-order valence-electron chi connectivity index (χ0n) is 28.8. The van der Waals surface area contributed by atoms with Crippen LogP contribution in [0.15, 0.2) is 90.5 Å². The van der Waals surface area contributed by atoms with E-state index in [0.717, 1.165) is 17.3 Å². The molecular formula is C38H35N3O10S. The summed E-state index contributed by atoms with van der Waals surface area (Å²) < 4.78 is 48.6. The van der Waals surface area contributed by atoms with Crippen molar-refractivity contribution in [3.63, 3.8) is 0 Å². The number of carbonyl (C=O) groups excluding carboxylic acids is 3. The van der Waals surface area contributed by atoms with E-state index in [0.29, 0.717) is 57.3 Å². The number of cyclic esters (lactones) is 1. The van der Waals surface area contributed by atoms with Crippen molar-refractivity contribution < 1.29 is 47.5 Å². The van der Waals surface area contributed by atoms with Crippen LogP contribution in [0.2, 0.25) is 0 Å². The van der Waals surface area contributed by atoms with Crippen molar-refractivity contribution in [2.24, 2.45) is 0 Å². The molecule has 1 N–H and O–H groups in total. The van der Waals surface area contributed by atoms with Gasteiger partial charge in [0.2, 0.25) is 5.75 Å². The number of carbonyl (C=O) groups is 3. The Kier molecular flexibility index (Phi) is 10.8. The molecule has 268 valence electrons. The third kappa shape index (κ3) is 7.47. The summed E-state index contributed by atoms with van der Waals surface area (Å²) in [5.74, 6) is -1.90. The normalized spacial score (nSPS) is 15.2. The van der Waals surface area contributed by atoms with Crippen LogP contribution in [0.4, 0.5) is 4.79 Å². The van der Waals surface area contributed by atoms with Gasteiger partial charge in [0.05, 0.1) is 45.2 Å². The molecule has 1 unspecified atom stereocenters. The average molecular weight is 726 g/mol. The van der Waals surface area contributed by atoms with Crippen LogP contribution in [-0.4, -0.2) is 61.3 Å². The van der Waals surface area contributed by atoms with Crippen LogP contribution in [0.1, 0.15) is 29.2 Å². The molecule has 52 heavy (non-hydrogen) atoms. The van der Waals surface area contributed by atoms with Gasteiger partial charge in [0.25, 0.3) is 0 Å². The van der Waals surface area contributed by atoms with Gasteiger partial charge >= 0.3 is 23.8 Å². The van der Waals surface area contributed by atoms with E-state index in [9.17, 15) is 14.4 Å². The number of fused-ring (bicyclic) bond motifs is 1. The number of hydrogen-bond acceptors (Lipinski definition) is 13. The first-order valence-electron chi connectivity index (χ1n) is 16.2. The van der Waals surface area contributed by atoms with Gasteiger partial charge in [-0.2, -0.15) is 8.75 Å². The third-order valence-electron chi connectivity index (χ3n) is 8.19. The fourth-order valence-corrected chi connectivity index (χ4v) is 6.33. The summed E-state index contributed by atoms with van der Waals surface area (Å²) in [5, 5.41) is 2.42. The molecule has 1 aromatic heterocycles. The molecule has 0 saturated heterocycles. The molecule has 14 heteroatoms. The molecule has 1 amide bonds. The minimum absolute atomic E-state index is 0.00253. The zero-order chi connectivity index (χ0) is 36.7. The number of nitrogens with one attached hydrogen (secondary N) is 1. The standard InChI is InChI=1S/C38H35N3O10S/c1-5-48-33(42)21-39-37(44)51-38(26-12-14-27(15-13-26)49-22-23-9-7-6-8-10-23)28(17-24-18-31(45-2)35(47-4)32(19-24)46-3)34(36(43)50-38)25-11-16-29-30(20-25)41-52-40-29/h6-16,18-20H,5,17,21-22H2,1-4H3,(H,39,44). The summed E-state index contributed by atoms with van der Waals surface area (Å²) in [6, 6.07) is 25.0. The lowest BCUT2D eigenvalue weighted by Crippen LogP contribution is -2.41. The lowest BCUT2D eigenvalue weighted by atomic mass is 9.87. The molecule has 0 fully saturated rings. The van der Waals surface area contributed by atoms with E-state index in [1.807, 2.05) is 30.3 Å². The van der Waals surface area contributed by atoms with Crippen molar-refractivity contribution in [2.75, 3.05) is 34.5 Å². The quantitative estimate of drug-likeness (QED) is 0.134. The molecule has 0 aliphatic carbocycles. The Hall–Kier alpha value is -6.15. The predicted octanol–water partition coefficient (Wildman–Crippen LogP) is 5.99. The highest BCUT2D eigenvalue weighted by molar-refractivity contribution is 7.00. The number of aromatic nitrogens is 2. The predicted molar refractivity (Wildman–Crippen MR) is 190 cm³/mol. The molecule has 13 nitrogen and oxygen atoms in total. The second-order valence-electron chi connectivity index (χ2n) is 11.4. The van der Waals surface area contributed by atoms with E-state index in [1.54, 1.807) is 61.5 Å². The first-order chi connectivity index (χ1) is 25.3. The van der Waals surface area contributed by atoms with Gasteiger partial charge in [-0.15, -0.1) is 0 Å². The van der Waals surface area contributed by atoms with Crippen LogP contribution in [0.25, 0.3) is 16.6 Å². The zero-order valence-corrected chi connectivity index (χ0v) is 29.6. The van der Waals surface area contributed by atoms with E-state index in [1.165, 1.54) is 21.3 Å². The van der Waals surface area contributed by atoms with Crippen LogP contribution in [-0.2, 0) is 42.6 Å². The van der Waals surface area contributed by atoms with E-state index >= 15 is 0 Å². The SMILES string of the molecule is CCOC(=O)CNC(=O)OC1(c2ccc(OCc3ccccc3)cc2)OC(=O)C(c2ccc3nsnc3c2)=C1Cc1cc(OC)c(OC)c(OC)c1. The number of alkyl carbamates (subject to hydrolysis) is 1. The summed E-state index contributed by atoms with van der Waals surface area (Å²) >= 11 is 1.04. The number of nitrogens with zero attached hydrogens (tertiary/aromatic N) is 2. The second-order valence-corrected chi connectivity index (χ2v) is 11.9. The first-order valence-corrected chi connectivity index (χ1v) is 16.9. The maximum absolute atomic E-state index is 14.2. The molecule has 0 bridgehead atoms. The Morgan fingerprint density at radius 3 is 2.23 bits per heavy atom. The number of esters is 2. The maximum Gasteiger partial charge on any atom is 0.411 e. The fourth-order valence-electron chi connectivity index (χ4n) is 5.82. The fraction of sp³-hybridized carbons (Fsp3) is 0.237. The Morgan fingerprint density at radius 1 is 0.846 bits per heavy atom. The minimum Gasteiger partial charge on any atom is -0.493 e. The van der Waals surface area contributed by atoms with Crippen molar-refractivity contribution in [1.29, 1.82) is 0 Å². The Morgan fingerprint density at radius 2 is 1.56 bits per heavy atom. The van der Waals surface area contributed by atoms with Crippen molar-refractivity contribution in [1.82, 2.24) is 14.1 Å². The Labute approximate surface area is 303 Å². The molecule has 1 aliphatic heterocycles. The summed E-state index contributed by atoms with van der Waals surface area (Å²) in [4.78, 5) is 39.8. The monoisotopic (exact) mass is 725 g/mol. The molecular weight excluding hydrogens is 690 g/mol. The van der Waals surface area contributed by atoms with Crippen molar-refractivity contribution in [2.45, 2.75) is 25.7 Å². The molecule has 0 radical (unpaired) electrons. The molecule has 0 spiro atoms. The minimum atomic E-state index is -2.11. The van der Waals surface area contributed by atoms with Crippen LogP contribution in [0, 0.1) is 0 Å². The van der Waals surface area contributed by atoms with Gasteiger partial charge in [-0.1, -0.05) is 36.4 Å². The lowest BCUT2D eigenvalue weighted by molar-refractivity contribution is -0.185. The van der Waals surface area contributed by atoms with Crippen LogP contribution in [0.5, 0.6) is 23.0 Å². The first kappa shape index (κ1) is 35.7. The Bertz CT molecular complexity index is 2090. The number of benzene rings is 4. The summed E-state index contributed by atoms with van der Waals surface area (Å²) in [6.45, 7) is 1.61. The van der Waals surface area contributed by atoms with Crippen molar-refractivity contribution in [3.05, 3.63) is 113 Å². The molecule has 6 rings (SSSR count). The number of methoxy groups -OCH3 is 3. The number of ether oxygens (including phenoxy) is 7. The molecule has 0 saturated carbocycles. The van der Waals surface area contributed by atoms with Crippen molar-refractivity contribution in [3.8, 4) is 23.0 Å². The average Bonchev–Trinajstić information content (AvgIpc) is 3.74. The highest BCUT2D eigenvalue weighted by Crippen LogP contribution is 2.49. The molecule has 2 heterocycles. The topological polar surface area (TPSA) is 154 Å². The molecule has 1 atom stereocenters. The number of amides is 1. The van der Waals surface area contributed by atoms with Gasteiger partial charge in [0.15, 0.2) is 11.5 Å². The largest absolute Gasteiger partial charge is 0.493 e. The highest BCUT2D eigenvalue weighted by atomic mass is 32.1. The van der Waals surface area contributed by atoms with E-state index < -0.39 is 30.4 Å². The summed E-state index contributed by atoms with van der Waals surface area (Å²) in [6.07, 6.45) is -1.03. The number of rotatable bonds is 14. The van der Waals surface area contributed by atoms with Gasteiger partial charge in [-0.3, -0.25) is 4.79 Å². The smallest absolute Gasteiger partial charge is 0.411 e. The lowest BCUT2D eigenvalue weighted by Gasteiger charge is -2.31. The number of hydrogen-bond donors (Lipinski definition) is 1. The second kappa shape index (κ2) is 15.8. The van der Waals surface area contributed by atoms with Gasteiger partial charge in [-0.05, 0) is 72.1 Å². The third-order valence-corrected chi connectivity index (χ3v) is 8.75. The summed E-state index contributed by atoms with van der Waals surface area (Å²) in [5.41, 5.74) is 3.99. The maximum atomic E-state index is 14.2. The van der Waals surface area contributed by atoms with Gasteiger partial charge in [0.1, 0.15) is 29.9 Å². The molecule has 4 aromatic carbocycles. The van der Waals surface area contributed by atoms with Crippen molar-refractivity contribution >= 4 is 46.4 Å². The van der Waals surface area contributed by atoms with Gasteiger partial charge in [0, 0.05) is 17.6 Å². The van der Waals surface area contributed by atoms with Crippen LogP contribution in [0.3, 0.4) is 0 Å². The van der Waals surface area contributed by atoms with E-state index in [-0.39, 0.29) is 24.2 Å². The van der Waals surface area contributed by atoms with Gasteiger partial charge in [-0.25, -0.2) is 9.59 Å². The van der Waals surface area contributed by atoms with Crippen LogP contribution < -0.4 is 24.3 Å². The highest BCUT2D eigenvalue weighted by Gasteiger charge is 2.53. The van der Waals surface area contributed by atoms with Crippen LogP contribution >= 0.6 is 11.7 Å². The Balaban J connectivity index is 1.49. The van der Waals surface area contributed by atoms with Gasteiger partial charge < -0.3 is 38.5 Å². The van der Waals surface area contributed by atoms with E-state index in [4.69, 9.17) is 33.2 Å². The molecule has 1 aliphatic rings. The van der Waals surface area contributed by atoms with E-state index in [2.05, 4.69) is 14.1 Å². The summed E-state index contributed by atoms with van der Waals surface area (Å²) in [7, 11) is 4.48. The molecule has 5 aromatic rings.